The predicted octanol–water partition coefficient (Wildman–Crippen LogP) is 2.74. The summed E-state index contributed by atoms with van der Waals surface area (Å²) in [5.74, 6) is 0.202. The maximum Gasteiger partial charge on any atom is 0.228 e. The molecule has 0 aliphatic carbocycles. The van der Waals surface area contributed by atoms with Crippen LogP contribution in [0.3, 0.4) is 0 Å². The van der Waals surface area contributed by atoms with Crippen LogP contribution < -0.4 is 5.32 Å². The van der Waals surface area contributed by atoms with Crippen LogP contribution >= 0.6 is 0 Å². The highest BCUT2D eigenvalue weighted by atomic mass is 32.2. The molecule has 0 aliphatic rings. The average molecular weight is 363 g/mol. The van der Waals surface area contributed by atoms with Gasteiger partial charge in [-0.15, -0.1) is 0 Å². The maximum atomic E-state index is 12.5. The lowest BCUT2D eigenvalue weighted by Crippen LogP contribution is -2.17. The van der Waals surface area contributed by atoms with E-state index < -0.39 is 9.84 Å². The zero-order valence-corrected chi connectivity index (χ0v) is 16.1. The van der Waals surface area contributed by atoms with Crippen LogP contribution in [-0.4, -0.2) is 30.4 Å². The van der Waals surface area contributed by atoms with Crippen LogP contribution in [0.25, 0.3) is 0 Å². The molecule has 2 rings (SSSR count). The minimum absolute atomic E-state index is 0.118. The smallest absolute Gasteiger partial charge is 0.228 e. The van der Waals surface area contributed by atoms with Gasteiger partial charge in [-0.1, -0.05) is 26.0 Å². The number of sulfone groups is 1. The number of nitrogens with one attached hydrogen (secondary N) is 1. The molecule has 0 bridgehead atoms. The molecular formula is C18H25N3O3S. The number of rotatable bonds is 6. The molecule has 6 nitrogen and oxygen atoms in total. The molecule has 25 heavy (non-hydrogen) atoms. The molecule has 0 unspecified atom stereocenters. The van der Waals surface area contributed by atoms with Gasteiger partial charge in [0.2, 0.25) is 5.91 Å². The molecule has 7 heteroatoms. The lowest BCUT2D eigenvalue weighted by atomic mass is 10.1. The van der Waals surface area contributed by atoms with E-state index in [4.69, 9.17) is 0 Å². The third-order valence-corrected chi connectivity index (χ3v) is 5.12. The zero-order chi connectivity index (χ0) is 18.8. The van der Waals surface area contributed by atoms with E-state index >= 15 is 0 Å². The highest BCUT2D eigenvalue weighted by Crippen LogP contribution is 2.22. The number of aryl methyl sites for hydroxylation is 1. The van der Waals surface area contributed by atoms with Crippen molar-refractivity contribution in [3.8, 4) is 0 Å². The van der Waals surface area contributed by atoms with E-state index in [1.807, 2.05) is 18.5 Å². The lowest BCUT2D eigenvalue weighted by molar-refractivity contribution is -0.115. The fourth-order valence-corrected chi connectivity index (χ4v) is 3.61. The Bertz CT molecular complexity index is 883. The van der Waals surface area contributed by atoms with Crippen molar-refractivity contribution in [1.29, 1.82) is 0 Å². The van der Waals surface area contributed by atoms with Gasteiger partial charge in [0.05, 0.1) is 22.7 Å². The van der Waals surface area contributed by atoms with Gasteiger partial charge in [0.1, 0.15) is 0 Å². The average Bonchev–Trinajstić information content (AvgIpc) is 2.73. The van der Waals surface area contributed by atoms with Gasteiger partial charge in [0.25, 0.3) is 0 Å². The second kappa shape index (κ2) is 7.39. The summed E-state index contributed by atoms with van der Waals surface area (Å²) in [4.78, 5) is 12.6. The molecule has 0 fully saturated rings. The zero-order valence-electron chi connectivity index (χ0n) is 15.3. The first-order valence-electron chi connectivity index (χ1n) is 8.21. The third kappa shape index (κ3) is 4.69. The number of para-hydroxylation sites is 1. The number of anilines is 1. The van der Waals surface area contributed by atoms with E-state index in [-0.39, 0.29) is 17.2 Å². The van der Waals surface area contributed by atoms with Gasteiger partial charge in [-0.2, -0.15) is 5.10 Å². The number of amides is 1. The van der Waals surface area contributed by atoms with Crippen molar-refractivity contribution >= 4 is 21.4 Å². The fraction of sp³-hybridized carbons (Fsp3) is 0.444. The SMILES string of the molecule is Cc1nn(CC(C)C)c(C)c1CC(=O)Nc1ccccc1S(C)(=O)=O. The van der Waals surface area contributed by atoms with Gasteiger partial charge in [0, 0.05) is 24.1 Å². The molecule has 136 valence electrons. The molecule has 1 aromatic carbocycles. The Hall–Kier alpha value is -2.15. The minimum Gasteiger partial charge on any atom is -0.325 e. The predicted molar refractivity (Wildman–Crippen MR) is 98.4 cm³/mol. The van der Waals surface area contributed by atoms with Crippen LogP contribution in [0.4, 0.5) is 5.69 Å². The first-order chi connectivity index (χ1) is 11.6. The summed E-state index contributed by atoms with van der Waals surface area (Å²) < 4.78 is 25.6. The van der Waals surface area contributed by atoms with Crippen LogP contribution in [0.15, 0.2) is 29.2 Å². The maximum absolute atomic E-state index is 12.5. The second-order valence-corrected chi connectivity index (χ2v) is 8.70. The summed E-state index contributed by atoms with van der Waals surface area (Å²) in [6.07, 6.45) is 1.29. The van der Waals surface area contributed by atoms with E-state index in [0.717, 1.165) is 29.8 Å². The number of hydrogen-bond donors (Lipinski definition) is 1. The Morgan fingerprint density at radius 2 is 1.88 bits per heavy atom. The Kier molecular flexibility index (Phi) is 5.67. The monoisotopic (exact) mass is 363 g/mol. The van der Waals surface area contributed by atoms with E-state index in [1.165, 1.54) is 6.07 Å². The summed E-state index contributed by atoms with van der Waals surface area (Å²) in [5.41, 5.74) is 2.98. The Morgan fingerprint density at radius 1 is 1.24 bits per heavy atom. The Labute approximate surface area is 149 Å². The highest BCUT2D eigenvalue weighted by Gasteiger charge is 2.18. The molecule has 1 amide bonds. The van der Waals surface area contributed by atoms with Crippen molar-refractivity contribution in [3.05, 3.63) is 41.2 Å². The molecule has 1 aromatic heterocycles. The number of benzene rings is 1. The van der Waals surface area contributed by atoms with Gasteiger partial charge < -0.3 is 5.32 Å². The molecule has 0 atom stereocenters. The van der Waals surface area contributed by atoms with Crippen LogP contribution in [0.2, 0.25) is 0 Å². The number of carbonyl (C=O) groups excluding carboxylic acids is 1. The van der Waals surface area contributed by atoms with Crippen molar-refractivity contribution in [2.75, 3.05) is 11.6 Å². The molecular weight excluding hydrogens is 338 g/mol. The first kappa shape index (κ1) is 19.2. The summed E-state index contributed by atoms with van der Waals surface area (Å²) in [6.45, 7) is 8.87. The van der Waals surface area contributed by atoms with Gasteiger partial charge in [0.15, 0.2) is 9.84 Å². The number of nitrogens with zero attached hydrogens (tertiary/aromatic N) is 2. The molecule has 0 radical (unpaired) electrons. The van der Waals surface area contributed by atoms with E-state index in [0.29, 0.717) is 11.6 Å². The van der Waals surface area contributed by atoms with Crippen LogP contribution in [0, 0.1) is 19.8 Å². The topological polar surface area (TPSA) is 81.1 Å². The van der Waals surface area contributed by atoms with Crippen molar-refractivity contribution in [3.63, 3.8) is 0 Å². The number of hydrogen-bond acceptors (Lipinski definition) is 4. The van der Waals surface area contributed by atoms with Gasteiger partial charge in [-0.25, -0.2) is 8.42 Å². The molecule has 1 N–H and O–H groups in total. The Morgan fingerprint density at radius 3 is 2.48 bits per heavy atom. The molecule has 0 aliphatic heterocycles. The number of carbonyl (C=O) groups is 1. The minimum atomic E-state index is -3.41. The summed E-state index contributed by atoms with van der Waals surface area (Å²) in [6, 6.07) is 6.41. The van der Waals surface area contributed by atoms with E-state index in [1.54, 1.807) is 18.2 Å². The molecule has 1 heterocycles. The standard InChI is InChI=1S/C18H25N3O3S/c1-12(2)11-21-14(4)15(13(3)20-21)10-18(22)19-16-8-6-7-9-17(16)25(5,23)24/h6-9,12H,10-11H2,1-5H3,(H,19,22). The second-order valence-electron chi connectivity index (χ2n) is 6.72. The summed E-state index contributed by atoms with van der Waals surface area (Å²) in [7, 11) is -3.41. The van der Waals surface area contributed by atoms with Gasteiger partial charge in [-0.3, -0.25) is 9.48 Å². The molecule has 0 saturated carbocycles. The third-order valence-electron chi connectivity index (χ3n) is 3.97. The molecule has 0 saturated heterocycles. The first-order valence-corrected chi connectivity index (χ1v) is 10.1. The Balaban J connectivity index is 2.21. The normalized spacial score (nSPS) is 11.8. The molecule has 2 aromatic rings. The van der Waals surface area contributed by atoms with Gasteiger partial charge in [-0.05, 0) is 31.9 Å². The van der Waals surface area contributed by atoms with E-state index in [2.05, 4.69) is 24.3 Å². The van der Waals surface area contributed by atoms with Gasteiger partial charge >= 0.3 is 0 Å². The lowest BCUT2D eigenvalue weighted by Gasteiger charge is -2.10. The van der Waals surface area contributed by atoms with Crippen LogP contribution in [-0.2, 0) is 27.6 Å². The van der Waals surface area contributed by atoms with E-state index in [9.17, 15) is 13.2 Å². The number of aromatic nitrogens is 2. The summed E-state index contributed by atoms with van der Waals surface area (Å²) in [5, 5.41) is 7.22. The van der Waals surface area contributed by atoms with Crippen molar-refractivity contribution in [2.45, 2.75) is 45.6 Å². The summed E-state index contributed by atoms with van der Waals surface area (Å²) >= 11 is 0. The van der Waals surface area contributed by atoms with Crippen molar-refractivity contribution < 1.29 is 13.2 Å². The van der Waals surface area contributed by atoms with Crippen LogP contribution in [0.5, 0.6) is 0 Å². The quantitative estimate of drug-likeness (QED) is 0.856. The van der Waals surface area contributed by atoms with Crippen LogP contribution in [0.1, 0.15) is 30.8 Å². The van der Waals surface area contributed by atoms with Crippen molar-refractivity contribution in [2.24, 2.45) is 5.92 Å². The largest absolute Gasteiger partial charge is 0.325 e. The highest BCUT2D eigenvalue weighted by molar-refractivity contribution is 7.90. The fourth-order valence-electron chi connectivity index (χ4n) is 2.76. The van der Waals surface area contributed by atoms with Crippen molar-refractivity contribution in [1.82, 2.24) is 9.78 Å². The molecule has 0 spiro atoms.